The molecule has 0 aromatic heterocycles. The summed E-state index contributed by atoms with van der Waals surface area (Å²) in [5, 5.41) is 0. The van der Waals surface area contributed by atoms with E-state index in [1.807, 2.05) is 13.8 Å². The summed E-state index contributed by atoms with van der Waals surface area (Å²) in [4.78, 5) is 0. The van der Waals surface area contributed by atoms with E-state index in [4.69, 9.17) is 0 Å². The van der Waals surface area contributed by atoms with Crippen molar-refractivity contribution in [1.82, 2.24) is 0 Å². The van der Waals surface area contributed by atoms with Crippen LogP contribution in [0.5, 0.6) is 0 Å². The van der Waals surface area contributed by atoms with Crippen molar-refractivity contribution in [3.05, 3.63) is 12.5 Å². The fourth-order valence-electron chi connectivity index (χ4n) is 0.242. The summed E-state index contributed by atoms with van der Waals surface area (Å²) in [5.74, 6) is 0. The second-order valence-corrected chi connectivity index (χ2v) is 0.971. The standard InChI is InChI=1S/C3H2F2O2.C2H6/c4-3(5)6-1-2-7-3;1-2/h1-2H;1-2H3. The molecule has 0 aromatic rings. The fraction of sp³-hybridized carbons (Fsp3) is 0.600. The van der Waals surface area contributed by atoms with E-state index in [9.17, 15) is 8.78 Å². The Labute approximate surface area is 52.1 Å². The van der Waals surface area contributed by atoms with Gasteiger partial charge in [-0.3, -0.25) is 0 Å². The molecule has 0 spiro atoms. The first-order valence-corrected chi connectivity index (χ1v) is 2.59. The topological polar surface area (TPSA) is 18.5 Å². The second kappa shape index (κ2) is 3.27. The molecule has 2 nitrogen and oxygen atoms in total. The Morgan fingerprint density at radius 1 is 1.11 bits per heavy atom. The van der Waals surface area contributed by atoms with E-state index in [0.717, 1.165) is 12.5 Å². The van der Waals surface area contributed by atoms with Crippen LogP contribution in [0.25, 0.3) is 0 Å². The number of ether oxygens (including phenoxy) is 2. The molecule has 0 saturated heterocycles. The predicted octanol–water partition coefficient (Wildman–Crippen LogP) is 2.08. The normalized spacial score (nSPS) is 19.1. The average Bonchev–Trinajstić information content (AvgIpc) is 2.19. The first-order chi connectivity index (χ1) is 4.21. The number of rotatable bonds is 0. The van der Waals surface area contributed by atoms with Gasteiger partial charge in [-0.2, -0.15) is 0 Å². The van der Waals surface area contributed by atoms with E-state index in [1.54, 1.807) is 0 Å². The maximum Gasteiger partial charge on any atom is 0.585 e. The SMILES string of the molecule is CC.FC1(F)OC=CO1. The zero-order valence-corrected chi connectivity index (χ0v) is 5.23. The van der Waals surface area contributed by atoms with Crippen LogP contribution < -0.4 is 0 Å². The molecular formula is C5H8F2O2. The van der Waals surface area contributed by atoms with Crippen molar-refractivity contribution < 1.29 is 18.3 Å². The molecule has 0 aliphatic carbocycles. The molecule has 0 amide bonds. The number of hydrogen-bond donors (Lipinski definition) is 0. The van der Waals surface area contributed by atoms with Gasteiger partial charge in [0.25, 0.3) is 0 Å². The number of alkyl halides is 2. The maximum atomic E-state index is 11.4. The minimum Gasteiger partial charge on any atom is -0.404 e. The first-order valence-electron chi connectivity index (χ1n) is 2.59. The van der Waals surface area contributed by atoms with Crippen molar-refractivity contribution in [2.45, 2.75) is 20.1 Å². The second-order valence-electron chi connectivity index (χ2n) is 0.971. The van der Waals surface area contributed by atoms with E-state index < -0.39 is 6.29 Å². The summed E-state index contributed by atoms with van der Waals surface area (Å²) >= 11 is 0. The Kier molecular flexibility index (Phi) is 2.98. The van der Waals surface area contributed by atoms with Crippen LogP contribution in [0, 0.1) is 0 Å². The molecule has 1 rings (SSSR count). The highest BCUT2D eigenvalue weighted by molar-refractivity contribution is 4.69. The third-order valence-electron chi connectivity index (χ3n) is 0.466. The molecule has 0 atom stereocenters. The van der Waals surface area contributed by atoms with Crippen molar-refractivity contribution in [1.29, 1.82) is 0 Å². The fourth-order valence-corrected chi connectivity index (χ4v) is 0.242. The van der Waals surface area contributed by atoms with E-state index in [1.165, 1.54) is 0 Å². The summed E-state index contributed by atoms with van der Waals surface area (Å²) in [6.45, 7) is 4.00. The molecule has 0 bridgehead atoms. The van der Waals surface area contributed by atoms with E-state index >= 15 is 0 Å². The molecule has 1 aliphatic rings. The van der Waals surface area contributed by atoms with Crippen LogP contribution in [-0.4, -0.2) is 6.29 Å². The average molecular weight is 138 g/mol. The molecule has 1 aliphatic heterocycles. The lowest BCUT2D eigenvalue weighted by Gasteiger charge is -2.03. The van der Waals surface area contributed by atoms with Crippen LogP contribution >= 0.6 is 0 Å². The molecule has 4 heteroatoms. The third-order valence-corrected chi connectivity index (χ3v) is 0.466. The van der Waals surface area contributed by atoms with Crippen LogP contribution in [0.3, 0.4) is 0 Å². The Bertz CT molecular complexity index is 91.1. The van der Waals surface area contributed by atoms with Gasteiger partial charge in [0.1, 0.15) is 12.5 Å². The Hall–Kier alpha value is -0.800. The van der Waals surface area contributed by atoms with Gasteiger partial charge in [-0.1, -0.05) is 13.8 Å². The van der Waals surface area contributed by atoms with Crippen LogP contribution in [0.15, 0.2) is 12.5 Å². The Morgan fingerprint density at radius 3 is 1.56 bits per heavy atom. The van der Waals surface area contributed by atoms with Gasteiger partial charge in [0.05, 0.1) is 0 Å². The first kappa shape index (κ1) is 8.20. The molecular weight excluding hydrogens is 130 g/mol. The molecule has 0 radical (unpaired) electrons. The van der Waals surface area contributed by atoms with Crippen molar-refractivity contribution in [3.8, 4) is 0 Å². The predicted molar refractivity (Wildman–Crippen MR) is 27.6 cm³/mol. The Morgan fingerprint density at radius 2 is 1.44 bits per heavy atom. The van der Waals surface area contributed by atoms with Gasteiger partial charge < -0.3 is 9.47 Å². The molecule has 0 N–H and O–H groups in total. The highest BCUT2D eigenvalue weighted by atomic mass is 19.3. The lowest BCUT2D eigenvalue weighted by molar-refractivity contribution is -0.329. The molecule has 0 fully saturated rings. The highest BCUT2D eigenvalue weighted by Gasteiger charge is 2.35. The summed E-state index contributed by atoms with van der Waals surface area (Å²) in [6, 6.07) is 0. The smallest absolute Gasteiger partial charge is 0.404 e. The van der Waals surface area contributed by atoms with Crippen LogP contribution in [0.1, 0.15) is 13.8 Å². The maximum absolute atomic E-state index is 11.4. The van der Waals surface area contributed by atoms with Crippen LogP contribution in [0.4, 0.5) is 8.78 Å². The van der Waals surface area contributed by atoms with Crippen molar-refractivity contribution in [2.75, 3.05) is 0 Å². The zero-order chi connectivity index (χ0) is 7.33. The van der Waals surface area contributed by atoms with Crippen LogP contribution in [-0.2, 0) is 9.47 Å². The number of halogens is 2. The molecule has 0 saturated carbocycles. The van der Waals surface area contributed by atoms with Crippen molar-refractivity contribution in [3.63, 3.8) is 0 Å². The monoisotopic (exact) mass is 138 g/mol. The zero-order valence-electron chi connectivity index (χ0n) is 5.23. The van der Waals surface area contributed by atoms with Gasteiger partial charge in [-0.05, 0) is 0 Å². The summed E-state index contributed by atoms with van der Waals surface area (Å²) < 4.78 is 30.1. The number of hydrogen-bond acceptors (Lipinski definition) is 2. The van der Waals surface area contributed by atoms with Gasteiger partial charge in [-0.25, -0.2) is 0 Å². The molecule has 0 unspecified atom stereocenters. The molecule has 1 heterocycles. The van der Waals surface area contributed by atoms with Gasteiger partial charge >= 0.3 is 6.29 Å². The van der Waals surface area contributed by atoms with Gasteiger partial charge in [0, 0.05) is 0 Å². The van der Waals surface area contributed by atoms with E-state index in [-0.39, 0.29) is 0 Å². The quantitative estimate of drug-likeness (QED) is 0.510. The highest BCUT2D eigenvalue weighted by Crippen LogP contribution is 2.21. The van der Waals surface area contributed by atoms with Crippen molar-refractivity contribution >= 4 is 0 Å². The molecule has 54 valence electrons. The summed E-state index contributed by atoms with van der Waals surface area (Å²) in [5.41, 5.74) is 0. The minimum atomic E-state index is -3.42. The lowest BCUT2D eigenvalue weighted by atomic mass is 11.0. The summed E-state index contributed by atoms with van der Waals surface area (Å²) in [7, 11) is 0. The van der Waals surface area contributed by atoms with Gasteiger partial charge in [0.2, 0.25) is 0 Å². The van der Waals surface area contributed by atoms with Crippen molar-refractivity contribution in [2.24, 2.45) is 0 Å². The van der Waals surface area contributed by atoms with Crippen LogP contribution in [0.2, 0.25) is 0 Å². The minimum absolute atomic E-state index is 0.792. The summed E-state index contributed by atoms with van der Waals surface area (Å²) in [6.07, 6.45) is -1.83. The molecule has 0 aromatic carbocycles. The molecule has 9 heavy (non-hydrogen) atoms. The Balaban J connectivity index is 0.000000291. The van der Waals surface area contributed by atoms with Gasteiger partial charge in [0.15, 0.2) is 0 Å². The largest absolute Gasteiger partial charge is 0.585 e. The van der Waals surface area contributed by atoms with E-state index in [0.29, 0.717) is 0 Å². The van der Waals surface area contributed by atoms with E-state index in [2.05, 4.69) is 9.47 Å². The third kappa shape index (κ3) is 2.90. The lowest BCUT2D eigenvalue weighted by Crippen LogP contribution is -2.14. The van der Waals surface area contributed by atoms with Gasteiger partial charge in [-0.15, -0.1) is 8.78 Å².